The topological polar surface area (TPSA) is 58.1 Å². The first-order valence-electron chi connectivity index (χ1n) is 6.98. The zero-order chi connectivity index (χ0) is 15.2. The normalized spacial score (nSPS) is 11.8. The molecule has 2 rings (SSSR count). The van der Waals surface area contributed by atoms with Crippen molar-refractivity contribution in [1.82, 2.24) is 14.9 Å². The van der Waals surface area contributed by atoms with Gasteiger partial charge < -0.3 is 10.2 Å². The minimum atomic E-state index is -0.0526. The van der Waals surface area contributed by atoms with Gasteiger partial charge in [-0.15, -0.1) is 0 Å². The van der Waals surface area contributed by atoms with Crippen molar-refractivity contribution in [2.75, 3.05) is 19.4 Å². The van der Waals surface area contributed by atoms with Crippen molar-refractivity contribution < 1.29 is 4.79 Å². The SMILES string of the molecule is CC[C@H](c1cccnc1)N(C)C(=O)c1cccnc1NC. The van der Waals surface area contributed by atoms with Crippen LogP contribution in [-0.2, 0) is 0 Å². The summed E-state index contributed by atoms with van der Waals surface area (Å²) in [6.45, 7) is 2.06. The van der Waals surface area contributed by atoms with Gasteiger partial charge in [-0.1, -0.05) is 13.0 Å². The first kappa shape index (κ1) is 15.0. The molecule has 0 aromatic carbocycles. The van der Waals surface area contributed by atoms with Crippen LogP contribution >= 0.6 is 0 Å². The van der Waals surface area contributed by atoms with Gasteiger partial charge in [0.15, 0.2) is 0 Å². The Morgan fingerprint density at radius 1 is 1.33 bits per heavy atom. The molecule has 0 spiro atoms. The number of nitrogens with one attached hydrogen (secondary N) is 1. The van der Waals surface area contributed by atoms with E-state index < -0.39 is 0 Å². The van der Waals surface area contributed by atoms with Gasteiger partial charge in [0.1, 0.15) is 5.82 Å². The fourth-order valence-electron chi connectivity index (χ4n) is 2.41. The summed E-state index contributed by atoms with van der Waals surface area (Å²) in [6, 6.07) is 7.43. The van der Waals surface area contributed by atoms with E-state index in [0.29, 0.717) is 11.4 Å². The van der Waals surface area contributed by atoms with Crippen LogP contribution in [0.5, 0.6) is 0 Å². The molecule has 5 nitrogen and oxygen atoms in total. The molecule has 0 bridgehead atoms. The number of hydrogen-bond acceptors (Lipinski definition) is 4. The molecular formula is C16H20N4O. The number of carbonyl (C=O) groups is 1. The second-order valence-corrected chi connectivity index (χ2v) is 4.78. The lowest BCUT2D eigenvalue weighted by Crippen LogP contribution is -2.31. The molecule has 0 aliphatic rings. The minimum Gasteiger partial charge on any atom is -0.372 e. The van der Waals surface area contributed by atoms with Crippen LogP contribution in [0.4, 0.5) is 5.82 Å². The molecule has 0 aliphatic carbocycles. The van der Waals surface area contributed by atoms with Crippen LogP contribution in [0.15, 0.2) is 42.9 Å². The Balaban J connectivity index is 2.29. The average Bonchev–Trinajstić information content (AvgIpc) is 2.55. The number of nitrogens with zero attached hydrogens (tertiary/aromatic N) is 3. The lowest BCUT2D eigenvalue weighted by molar-refractivity contribution is 0.0726. The Labute approximate surface area is 125 Å². The number of pyridine rings is 2. The van der Waals surface area contributed by atoms with E-state index in [9.17, 15) is 4.79 Å². The quantitative estimate of drug-likeness (QED) is 0.917. The van der Waals surface area contributed by atoms with Gasteiger partial charge in [0, 0.05) is 32.7 Å². The number of amides is 1. The first-order chi connectivity index (χ1) is 10.2. The molecule has 2 heterocycles. The molecule has 0 aliphatic heterocycles. The van der Waals surface area contributed by atoms with Gasteiger partial charge in [0.2, 0.25) is 0 Å². The maximum absolute atomic E-state index is 12.7. The lowest BCUT2D eigenvalue weighted by Gasteiger charge is -2.28. The number of carbonyl (C=O) groups excluding carboxylic acids is 1. The second-order valence-electron chi connectivity index (χ2n) is 4.78. The van der Waals surface area contributed by atoms with Crippen LogP contribution in [0, 0.1) is 0 Å². The average molecular weight is 284 g/mol. The molecule has 110 valence electrons. The van der Waals surface area contributed by atoms with Crippen LogP contribution < -0.4 is 5.32 Å². The molecule has 0 saturated heterocycles. The van der Waals surface area contributed by atoms with E-state index in [1.165, 1.54) is 0 Å². The third-order valence-corrected chi connectivity index (χ3v) is 3.52. The van der Waals surface area contributed by atoms with Crippen LogP contribution in [-0.4, -0.2) is 34.9 Å². The van der Waals surface area contributed by atoms with E-state index in [0.717, 1.165) is 12.0 Å². The van der Waals surface area contributed by atoms with E-state index in [1.807, 2.05) is 19.2 Å². The number of anilines is 1. The Hall–Kier alpha value is -2.43. The van der Waals surface area contributed by atoms with Crippen molar-refractivity contribution >= 4 is 11.7 Å². The number of hydrogen-bond donors (Lipinski definition) is 1. The smallest absolute Gasteiger partial charge is 0.257 e. The maximum atomic E-state index is 12.7. The fraction of sp³-hybridized carbons (Fsp3) is 0.312. The fourth-order valence-corrected chi connectivity index (χ4v) is 2.41. The molecule has 0 fully saturated rings. The molecule has 0 saturated carbocycles. The van der Waals surface area contributed by atoms with Crippen molar-refractivity contribution in [3.63, 3.8) is 0 Å². The van der Waals surface area contributed by atoms with E-state index >= 15 is 0 Å². The molecule has 2 aromatic rings. The molecule has 5 heteroatoms. The summed E-state index contributed by atoms with van der Waals surface area (Å²) in [4.78, 5) is 22.8. The van der Waals surface area contributed by atoms with Crippen molar-refractivity contribution in [2.45, 2.75) is 19.4 Å². The largest absolute Gasteiger partial charge is 0.372 e. The van der Waals surface area contributed by atoms with Crippen molar-refractivity contribution in [3.8, 4) is 0 Å². The minimum absolute atomic E-state index is 0.00360. The van der Waals surface area contributed by atoms with Crippen molar-refractivity contribution in [3.05, 3.63) is 54.0 Å². The number of aromatic nitrogens is 2. The predicted molar refractivity (Wildman–Crippen MR) is 83.1 cm³/mol. The van der Waals surface area contributed by atoms with Crippen LogP contribution in [0.2, 0.25) is 0 Å². The summed E-state index contributed by atoms with van der Waals surface area (Å²) >= 11 is 0. The van der Waals surface area contributed by atoms with Crippen LogP contribution in [0.25, 0.3) is 0 Å². The highest BCUT2D eigenvalue weighted by molar-refractivity contribution is 5.98. The third kappa shape index (κ3) is 3.18. The van der Waals surface area contributed by atoms with Crippen molar-refractivity contribution in [1.29, 1.82) is 0 Å². The number of rotatable bonds is 5. The van der Waals surface area contributed by atoms with E-state index in [-0.39, 0.29) is 11.9 Å². The Morgan fingerprint density at radius 2 is 2.10 bits per heavy atom. The van der Waals surface area contributed by atoms with Gasteiger partial charge in [-0.05, 0) is 30.2 Å². The van der Waals surface area contributed by atoms with Crippen LogP contribution in [0.1, 0.15) is 35.3 Å². The van der Waals surface area contributed by atoms with Gasteiger partial charge >= 0.3 is 0 Å². The summed E-state index contributed by atoms with van der Waals surface area (Å²) in [6.07, 6.45) is 6.03. The van der Waals surface area contributed by atoms with Gasteiger partial charge in [-0.2, -0.15) is 0 Å². The highest BCUT2D eigenvalue weighted by Gasteiger charge is 2.23. The summed E-state index contributed by atoms with van der Waals surface area (Å²) in [5, 5.41) is 2.96. The molecule has 1 amide bonds. The molecule has 1 N–H and O–H groups in total. The third-order valence-electron chi connectivity index (χ3n) is 3.52. The van der Waals surface area contributed by atoms with E-state index in [4.69, 9.17) is 0 Å². The van der Waals surface area contributed by atoms with Crippen LogP contribution in [0.3, 0.4) is 0 Å². The van der Waals surface area contributed by atoms with E-state index in [1.54, 1.807) is 42.7 Å². The molecule has 0 radical (unpaired) electrons. The van der Waals surface area contributed by atoms with Crippen molar-refractivity contribution in [2.24, 2.45) is 0 Å². The van der Waals surface area contributed by atoms with Gasteiger partial charge in [0.05, 0.1) is 11.6 Å². The Bertz CT molecular complexity index is 600. The van der Waals surface area contributed by atoms with Gasteiger partial charge in [-0.3, -0.25) is 9.78 Å². The molecule has 1 atom stereocenters. The standard InChI is InChI=1S/C16H20N4O/c1-4-14(12-7-5-9-18-11-12)20(3)16(21)13-8-6-10-19-15(13)17-2/h5-11,14H,4H2,1-3H3,(H,17,19)/t14-/m1/s1. The van der Waals surface area contributed by atoms with E-state index in [2.05, 4.69) is 22.2 Å². The predicted octanol–water partition coefficient (Wildman–Crippen LogP) is 2.74. The van der Waals surface area contributed by atoms with Gasteiger partial charge in [-0.25, -0.2) is 4.98 Å². The Morgan fingerprint density at radius 3 is 2.71 bits per heavy atom. The molecule has 21 heavy (non-hydrogen) atoms. The highest BCUT2D eigenvalue weighted by Crippen LogP contribution is 2.25. The summed E-state index contributed by atoms with van der Waals surface area (Å²) in [7, 11) is 3.58. The summed E-state index contributed by atoms with van der Waals surface area (Å²) in [5.74, 6) is 0.540. The highest BCUT2D eigenvalue weighted by atomic mass is 16.2. The van der Waals surface area contributed by atoms with Gasteiger partial charge in [0.25, 0.3) is 5.91 Å². The monoisotopic (exact) mass is 284 g/mol. The second kappa shape index (κ2) is 6.83. The zero-order valence-corrected chi connectivity index (χ0v) is 12.6. The Kier molecular flexibility index (Phi) is 4.87. The first-order valence-corrected chi connectivity index (χ1v) is 6.98. The molecular weight excluding hydrogens is 264 g/mol. The maximum Gasteiger partial charge on any atom is 0.257 e. The molecule has 2 aromatic heterocycles. The summed E-state index contributed by atoms with van der Waals surface area (Å²) in [5.41, 5.74) is 1.61. The zero-order valence-electron chi connectivity index (χ0n) is 12.6. The summed E-state index contributed by atoms with van der Waals surface area (Å²) < 4.78 is 0. The molecule has 0 unspecified atom stereocenters. The lowest BCUT2D eigenvalue weighted by atomic mass is 10.0.